The van der Waals surface area contributed by atoms with Gasteiger partial charge in [-0.1, -0.05) is 12.1 Å². The van der Waals surface area contributed by atoms with Gasteiger partial charge in [-0.2, -0.15) is 0 Å². The SMILES string of the molecule is Nc1cc(F)ccc1-c1nc2ccccc2o1. The predicted octanol–water partition coefficient (Wildman–Crippen LogP) is 3.22. The Morgan fingerprint density at radius 3 is 2.71 bits per heavy atom. The van der Waals surface area contributed by atoms with Crippen molar-refractivity contribution in [3.63, 3.8) is 0 Å². The highest BCUT2D eigenvalue weighted by Gasteiger charge is 2.10. The smallest absolute Gasteiger partial charge is 0.229 e. The molecular formula is C13H9FN2O. The third-order valence-corrected chi connectivity index (χ3v) is 2.54. The van der Waals surface area contributed by atoms with Crippen molar-refractivity contribution < 1.29 is 8.81 Å². The molecule has 3 rings (SSSR count). The minimum absolute atomic E-state index is 0.316. The molecule has 0 bridgehead atoms. The van der Waals surface area contributed by atoms with E-state index in [-0.39, 0.29) is 5.82 Å². The molecule has 0 atom stereocenters. The number of oxazole rings is 1. The van der Waals surface area contributed by atoms with Crippen LogP contribution in [0.3, 0.4) is 0 Å². The Bertz CT molecular complexity index is 658. The number of nitrogens with zero attached hydrogens (tertiary/aromatic N) is 1. The number of para-hydroxylation sites is 2. The minimum atomic E-state index is -0.373. The van der Waals surface area contributed by atoms with E-state index in [4.69, 9.17) is 10.2 Å². The lowest BCUT2D eigenvalue weighted by molar-refractivity contribution is 0.617. The summed E-state index contributed by atoms with van der Waals surface area (Å²) in [6.45, 7) is 0. The van der Waals surface area contributed by atoms with Crippen LogP contribution in [0.1, 0.15) is 0 Å². The summed E-state index contributed by atoms with van der Waals surface area (Å²) < 4.78 is 18.5. The summed E-state index contributed by atoms with van der Waals surface area (Å²) in [5.41, 5.74) is 8.09. The second-order valence-corrected chi connectivity index (χ2v) is 3.72. The maximum atomic E-state index is 12.9. The van der Waals surface area contributed by atoms with E-state index in [0.29, 0.717) is 22.7 Å². The molecule has 3 aromatic rings. The van der Waals surface area contributed by atoms with Crippen LogP contribution in [0.25, 0.3) is 22.6 Å². The summed E-state index contributed by atoms with van der Waals surface area (Å²) in [5.74, 6) is 0.0334. The van der Waals surface area contributed by atoms with Crippen LogP contribution in [0.2, 0.25) is 0 Å². The molecule has 2 aromatic carbocycles. The molecule has 4 heteroatoms. The minimum Gasteiger partial charge on any atom is -0.436 e. The number of nitrogens with two attached hydrogens (primary N) is 1. The number of nitrogen functional groups attached to an aromatic ring is 1. The molecule has 0 spiro atoms. The van der Waals surface area contributed by atoms with Crippen molar-refractivity contribution in [1.82, 2.24) is 4.98 Å². The van der Waals surface area contributed by atoms with Gasteiger partial charge in [-0.25, -0.2) is 9.37 Å². The van der Waals surface area contributed by atoms with Crippen molar-refractivity contribution >= 4 is 16.8 Å². The Balaban J connectivity index is 2.20. The number of hydrogen-bond acceptors (Lipinski definition) is 3. The number of aromatic nitrogens is 1. The second kappa shape index (κ2) is 3.59. The Labute approximate surface area is 96.7 Å². The van der Waals surface area contributed by atoms with Crippen LogP contribution in [-0.4, -0.2) is 4.98 Å². The lowest BCUT2D eigenvalue weighted by Crippen LogP contribution is -1.91. The predicted molar refractivity (Wildman–Crippen MR) is 63.8 cm³/mol. The van der Waals surface area contributed by atoms with Crippen molar-refractivity contribution in [3.8, 4) is 11.5 Å². The van der Waals surface area contributed by atoms with Gasteiger partial charge < -0.3 is 10.2 Å². The van der Waals surface area contributed by atoms with Crippen molar-refractivity contribution in [1.29, 1.82) is 0 Å². The maximum absolute atomic E-state index is 12.9. The highest BCUT2D eigenvalue weighted by molar-refractivity contribution is 5.79. The first kappa shape index (κ1) is 9.84. The first-order valence-corrected chi connectivity index (χ1v) is 5.15. The van der Waals surface area contributed by atoms with E-state index in [2.05, 4.69) is 4.98 Å². The largest absolute Gasteiger partial charge is 0.436 e. The molecule has 0 radical (unpaired) electrons. The molecule has 84 valence electrons. The van der Waals surface area contributed by atoms with Gasteiger partial charge >= 0.3 is 0 Å². The van der Waals surface area contributed by atoms with E-state index in [0.717, 1.165) is 5.52 Å². The van der Waals surface area contributed by atoms with Crippen LogP contribution in [0.4, 0.5) is 10.1 Å². The summed E-state index contributed by atoms with van der Waals surface area (Å²) in [6, 6.07) is 11.6. The molecule has 0 aliphatic carbocycles. The van der Waals surface area contributed by atoms with Gasteiger partial charge in [0.2, 0.25) is 5.89 Å². The zero-order valence-electron chi connectivity index (χ0n) is 8.85. The number of hydrogen-bond donors (Lipinski definition) is 1. The first-order valence-electron chi connectivity index (χ1n) is 5.15. The molecule has 17 heavy (non-hydrogen) atoms. The normalized spacial score (nSPS) is 10.9. The summed E-state index contributed by atoms with van der Waals surface area (Å²) >= 11 is 0. The molecule has 0 amide bonds. The molecule has 3 nitrogen and oxygen atoms in total. The summed E-state index contributed by atoms with van der Waals surface area (Å²) in [4.78, 5) is 4.30. The quantitative estimate of drug-likeness (QED) is 0.650. The van der Waals surface area contributed by atoms with Gasteiger partial charge in [0.25, 0.3) is 0 Å². The topological polar surface area (TPSA) is 52.0 Å². The average molecular weight is 228 g/mol. The molecule has 0 saturated heterocycles. The van der Waals surface area contributed by atoms with Crippen LogP contribution in [0, 0.1) is 5.82 Å². The van der Waals surface area contributed by atoms with Crippen molar-refractivity contribution in [3.05, 3.63) is 48.3 Å². The van der Waals surface area contributed by atoms with E-state index in [1.54, 1.807) is 6.07 Å². The second-order valence-electron chi connectivity index (χ2n) is 3.72. The number of benzene rings is 2. The standard InChI is InChI=1S/C13H9FN2O/c14-8-5-6-9(10(15)7-8)13-16-11-3-1-2-4-12(11)17-13/h1-7H,15H2. The van der Waals surface area contributed by atoms with Crippen molar-refractivity contribution in [2.45, 2.75) is 0 Å². The van der Waals surface area contributed by atoms with Gasteiger partial charge in [-0.3, -0.25) is 0 Å². The number of rotatable bonds is 1. The molecule has 0 fully saturated rings. The molecule has 2 N–H and O–H groups in total. The summed E-state index contributed by atoms with van der Waals surface area (Å²) in [7, 11) is 0. The van der Waals surface area contributed by atoms with Gasteiger partial charge in [0, 0.05) is 5.69 Å². The average Bonchev–Trinajstić information content (AvgIpc) is 2.72. The van der Waals surface area contributed by atoms with Crippen molar-refractivity contribution in [2.75, 3.05) is 5.73 Å². The lowest BCUT2D eigenvalue weighted by atomic mass is 10.2. The van der Waals surface area contributed by atoms with Crippen LogP contribution in [0.5, 0.6) is 0 Å². The van der Waals surface area contributed by atoms with Gasteiger partial charge in [-0.15, -0.1) is 0 Å². The highest BCUT2D eigenvalue weighted by atomic mass is 19.1. The molecule has 0 aliphatic heterocycles. The van der Waals surface area contributed by atoms with Gasteiger partial charge in [0.05, 0.1) is 5.56 Å². The number of halogens is 1. The Kier molecular flexibility index (Phi) is 2.08. The fourth-order valence-electron chi connectivity index (χ4n) is 1.72. The molecule has 1 heterocycles. The van der Waals surface area contributed by atoms with E-state index in [9.17, 15) is 4.39 Å². The Morgan fingerprint density at radius 2 is 1.94 bits per heavy atom. The van der Waals surface area contributed by atoms with Crippen LogP contribution in [0.15, 0.2) is 46.9 Å². The molecule has 0 unspecified atom stereocenters. The molecule has 0 saturated carbocycles. The Hall–Kier alpha value is -2.36. The van der Waals surface area contributed by atoms with E-state index < -0.39 is 0 Å². The summed E-state index contributed by atoms with van der Waals surface area (Å²) in [6.07, 6.45) is 0. The highest BCUT2D eigenvalue weighted by Crippen LogP contribution is 2.28. The van der Waals surface area contributed by atoms with Crippen LogP contribution < -0.4 is 5.73 Å². The fourth-order valence-corrected chi connectivity index (χ4v) is 1.72. The zero-order valence-corrected chi connectivity index (χ0v) is 8.85. The van der Waals surface area contributed by atoms with Crippen LogP contribution >= 0.6 is 0 Å². The first-order chi connectivity index (χ1) is 8.24. The Morgan fingerprint density at radius 1 is 1.12 bits per heavy atom. The van der Waals surface area contributed by atoms with Crippen LogP contribution in [-0.2, 0) is 0 Å². The van der Waals surface area contributed by atoms with Gasteiger partial charge in [0.1, 0.15) is 11.3 Å². The lowest BCUT2D eigenvalue weighted by Gasteiger charge is -2.00. The van der Waals surface area contributed by atoms with Gasteiger partial charge in [-0.05, 0) is 30.3 Å². The van der Waals surface area contributed by atoms with E-state index in [1.807, 2.05) is 24.3 Å². The zero-order chi connectivity index (χ0) is 11.8. The monoisotopic (exact) mass is 228 g/mol. The molecular weight excluding hydrogens is 219 g/mol. The van der Waals surface area contributed by atoms with E-state index >= 15 is 0 Å². The number of fused-ring (bicyclic) bond motifs is 1. The molecule has 0 aliphatic rings. The third kappa shape index (κ3) is 1.63. The molecule has 1 aromatic heterocycles. The van der Waals surface area contributed by atoms with E-state index in [1.165, 1.54) is 12.1 Å². The van der Waals surface area contributed by atoms with Gasteiger partial charge in [0.15, 0.2) is 5.58 Å². The van der Waals surface area contributed by atoms with Crippen molar-refractivity contribution in [2.24, 2.45) is 0 Å². The maximum Gasteiger partial charge on any atom is 0.229 e. The third-order valence-electron chi connectivity index (χ3n) is 2.54. The number of anilines is 1. The fraction of sp³-hybridized carbons (Fsp3) is 0. The summed E-state index contributed by atoms with van der Waals surface area (Å²) in [5, 5.41) is 0.